The molecule has 0 aliphatic rings. The van der Waals surface area contributed by atoms with Crippen molar-refractivity contribution in [3.05, 3.63) is 50.9 Å². The van der Waals surface area contributed by atoms with E-state index in [0.717, 1.165) is 16.0 Å². The van der Waals surface area contributed by atoms with Crippen LogP contribution in [0, 0.1) is 13.8 Å². The summed E-state index contributed by atoms with van der Waals surface area (Å²) >= 11 is 7.50. The van der Waals surface area contributed by atoms with Gasteiger partial charge >= 0.3 is 5.97 Å². The Balaban J connectivity index is 2.27. The van der Waals surface area contributed by atoms with E-state index in [2.05, 4.69) is 5.32 Å². The number of hydrogen-bond donors (Lipinski definition) is 1. The molecule has 4 nitrogen and oxygen atoms in total. The molecule has 0 fully saturated rings. The Morgan fingerprint density at radius 3 is 2.52 bits per heavy atom. The number of hydrogen-bond acceptors (Lipinski definition) is 4. The average Bonchev–Trinajstić information content (AvgIpc) is 2.73. The lowest BCUT2D eigenvalue weighted by molar-refractivity contribution is -0.114. The van der Waals surface area contributed by atoms with Crippen molar-refractivity contribution >= 4 is 39.8 Å². The molecule has 0 aliphatic heterocycles. The van der Waals surface area contributed by atoms with Gasteiger partial charge in [-0.1, -0.05) is 29.8 Å². The van der Waals surface area contributed by atoms with Gasteiger partial charge in [-0.2, -0.15) is 0 Å². The number of amides is 1. The third kappa shape index (κ3) is 3.92. The number of ether oxygens (including phenoxy) is 1. The van der Waals surface area contributed by atoms with E-state index in [4.69, 9.17) is 16.3 Å². The van der Waals surface area contributed by atoms with Gasteiger partial charge in [-0.25, -0.2) is 4.79 Å². The first-order valence-electron chi connectivity index (χ1n) is 7.14. The van der Waals surface area contributed by atoms with E-state index < -0.39 is 12.1 Å². The van der Waals surface area contributed by atoms with Crippen LogP contribution in [0.1, 0.15) is 46.3 Å². The summed E-state index contributed by atoms with van der Waals surface area (Å²) < 4.78 is 5.55. The molecule has 1 amide bonds. The molecule has 1 N–H and O–H groups in total. The summed E-state index contributed by atoms with van der Waals surface area (Å²) in [5.74, 6) is -0.692. The molecule has 0 saturated heterocycles. The van der Waals surface area contributed by atoms with E-state index in [-0.39, 0.29) is 5.91 Å². The van der Waals surface area contributed by atoms with Gasteiger partial charge in [0.15, 0.2) is 0 Å². The molecule has 6 heteroatoms. The van der Waals surface area contributed by atoms with E-state index in [9.17, 15) is 9.59 Å². The summed E-state index contributed by atoms with van der Waals surface area (Å²) in [6.45, 7) is 6.92. The SMILES string of the molecule is CC(=O)Nc1sc(C)c(C)c1C(=O)OC(C)c1ccccc1Cl. The molecule has 0 radical (unpaired) electrons. The van der Waals surface area contributed by atoms with Crippen LogP contribution in [-0.4, -0.2) is 11.9 Å². The highest BCUT2D eigenvalue weighted by atomic mass is 35.5. The van der Waals surface area contributed by atoms with Crippen LogP contribution in [0.2, 0.25) is 5.02 Å². The second-order valence-electron chi connectivity index (χ2n) is 5.24. The van der Waals surface area contributed by atoms with Crippen molar-refractivity contribution in [3.63, 3.8) is 0 Å². The summed E-state index contributed by atoms with van der Waals surface area (Å²) in [6.07, 6.45) is -0.485. The fourth-order valence-corrected chi connectivity index (χ4v) is 3.59. The number of carbonyl (C=O) groups is 2. The minimum absolute atomic E-state index is 0.223. The van der Waals surface area contributed by atoms with Crippen LogP contribution in [0.25, 0.3) is 0 Å². The fraction of sp³-hybridized carbons (Fsp3) is 0.294. The zero-order valence-electron chi connectivity index (χ0n) is 13.4. The van der Waals surface area contributed by atoms with Crippen molar-refractivity contribution in [1.29, 1.82) is 0 Å². The highest BCUT2D eigenvalue weighted by Gasteiger charge is 2.24. The first kappa shape index (κ1) is 17.5. The van der Waals surface area contributed by atoms with Gasteiger partial charge in [-0.15, -0.1) is 11.3 Å². The van der Waals surface area contributed by atoms with Crippen LogP contribution < -0.4 is 5.32 Å². The standard InChI is InChI=1S/C17H18ClNO3S/c1-9-11(3)23-16(19-12(4)20)15(9)17(21)22-10(2)13-7-5-6-8-14(13)18/h5-8,10H,1-4H3,(H,19,20). The molecule has 2 aromatic rings. The van der Waals surface area contributed by atoms with Crippen LogP contribution >= 0.6 is 22.9 Å². The predicted molar refractivity (Wildman–Crippen MR) is 93.4 cm³/mol. The number of benzene rings is 1. The Hall–Kier alpha value is -1.85. The van der Waals surface area contributed by atoms with Gasteiger partial charge in [-0.05, 0) is 32.4 Å². The average molecular weight is 352 g/mol. The monoisotopic (exact) mass is 351 g/mol. The third-order valence-corrected chi connectivity index (χ3v) is 4.97. The molecular formula is C17H18ClNO3S. The van der Waals surface area contributed by atoms with Gasteiger partial charge in [0, 0.05) is 22.4 Å². The van der Waals surface area contributed by atoms with Crippen molar-refractivity contribution in [2.24, 2.45) is 0 Å². The Labute approximate surface area is 144 Å². The van der Waals surface area contributed by atoms with Crippen molar-refractivity contribution in [2.75, 3.05) is 5.32 Å². The van der Waals surface area contributed by atoms with Gasteiger partial charge in [0.05, 0.1) is 5.56 Å². The third-order valence-electron chi connectivity index (χ3n) is 3.51. The first-order valence-corrected chi connectivity index (χ1v) is 8.33. The summed E-state index contributed by atoms with van der Waals surface area (Å²) in [6, 6.07) is 7.24. The van der Waals surface area contributed by atoms with Gasteiger partial charge in [-0.3, -0.25) is 4.79 Å². The number of thiophene rings is 1. The Morgan fingerprint density at radius 2 is 1.91 bits per heavy atom. The maximum atomic E-state index is 12.6. The largest absolute Gasteiger partial charge is 0.454 e. The molecule has 0 spiro atoms. The summed E-state index contributed by atoms with van der Waals surface area (Å²) in [5.41, 5.74) is 1.96. The normalized spacial score (nSPS) is 11.9. The fourth-order valence-electron chi connectivity index (χ4n) is 2.21. The zero-order valence-corrected chi connectivity index (χ0v) is 15.0. The van der Waals surface area contributed by atoms with E-state index in [1.807, 2.05) is 32.0 Å². The molecule has 2 rings (SSSR count). The maximum absolute atomic E-state index is 12.6. The quantitative estimate of drug-likeness (QED) is 0.797. The minimum atomic E-state index is -0.485. The lowest BCUT2D eigenvalue weighted by Crippen LogP contribution is -2.14. The van der Waals surface area contributed by atoms with Crippen LogP contribution in [0.5, 0.6) is 0 Å². The highest BCUT2D eigenvalue weighted by Crippen LogP contribution is 2.34. The molecule has 1 heterocycles. The van der Waals surface area contributed by atoms with Gasteiger partial charge in [0.2, 0.25) is 5.91 Å². The lowest BCUT2D eigenvalue weighted by Gasteiger charge is -2.15. The smallest absolute Gasteiger partial charge is 0.342 e. The van der Waals surface area contributed by atoms with Crippen LogP contribution in [0.3, 0.4) is 0 Å². The maximum Gasteiger partial charge on any atom is 0.342 e. The molecule has 1 aromatic carbocycles. The van der Waals surface area contributed by atoms with Crippen LogP contribution in [0.15, 0.2) is 24.3 Å². The summed E-state index contributed by atoms with van der Waals surface area (Å²) in [4.78, 5) is 24.9. The van der Waals surface area contributed by atoms with E-state index >= 15 is 0 Å². The van der Waals surface area contributed by atoms with Crippen molar-refractivity contribution in [1.82, 2.24) is 0 Å². The minimum Gasteiger partial charge on any atom is -0.454 e. The Morgan fingerprint density at radius 1 is 1.26 bits per heavy atom. The van der Waals surface area contributed by atoms with E-state index in [0.29, 0.717) is 15.6 Å². The molecule has 122 valence electrons. The van der Waals surface area contributed by atoms with Crippen molar-refractivity contribution < 1.29 is 14.3 Å². The highest BCUT2D eigenvalue weighted by molar-refractivity contribution is 7.16. The molecule has 0 aliphatic carbocycles. The molecule has 1 atom stereocenters. The number of carbonyl (C=O) groups excluding carboxylic acids is 2. The second kappa shape index (κ2) is 7.15. The number of halogens is 1. The lowest BCUT2D eigenvalue weighted by atomic mass is 10.1. The number of nitrogens with one attached hydrogen (secondary N) is 1. The number of anilines is 1. The van der Waals surface area contributed by atoms with E-state index in [1.54, 1.807) is 13.0 Å². The Bertz CT molecular complexity index is 754. The van der Waals surface area contributed by atoms with Crippen molar-refractivity contribution in [3.8, 4) is 0 Å². The summed E-state index contributed by atoms with van der Waals surface area (Å²) in [7, 11) is 0. The number of rotatable bonds is 4. The first-order chi connectivity index (χ1) is 10.8. The van der Waals surface area contributed by atoms with Gasteiger partial charge < -0.3 is 10.1 Å². The Kier molecular flexibility index (Phi) is 5.44. The number of aryl methyl sites for hydroxylation is 1. The van der Waals surface area contributed by atoms with Gasteiger partial charge in [0.25, 0.3) is 0 Å². The molecular weight excluding hydrogens is 334 g/mol. The van der Waals surface area contributed by atoms with Gasteiger partial charge in [0.1, 0.15) is 11.1 Å². The zero-order chi connectivity index (χ0) is 17.1. The summed E-state index contributed by atoms with van der Waals surface area (Å²) in [5, 5.41) is 3.76. The van der Waals surface area contributed by atoms with Crippen LogP contribution in [0.4, 0.5) is 5.00 Å². The second-order valence-corrected chi connectivity index (χ2v) is 6.87. The predicted octanol–water partition coefficient (Wildman–Crippen LogP) is 4.89. The van der Waals surface area contributed by atoms with Crippen molar-refractivity contribution in [2.45, 2.75) is 33.8 Å². The topological polar surface area (TPSA) is 55.4 Å². The molecule has 0 bridgehead atoms. The molecule has 1 aromatic heterocycles. The van der Waals surface area contributed by atoms with Crippen LogP contribution in [-0.2, 0) is 9.53 Å². The number of esters is 1. The molecule has 0 saturated carbocycles. The van der Waals surface area contributed by atoms with E-state index in [1.165, 1.54) is 18.3 Å². The molecule has 23 heavy (non-hydrogen) atoms. The molecule has 1 unspecified atom stereocenters.